The van der Waals surface area contributed by atoms with E-state index in [2.05, 4.69) is 23.0 Å². The van der Waals surface area contributed by atoms with Crippen LogP contribution >= 0.6 is 0 Å². The summed E-state index contributed by atoms with van der Waals surface area (Å²) in [7, 11) is 1.75. The van der Waals surface area contributed by atoms with Crippen LogP contribution in [0.3, 0.4) is 0 Å². The second-order valence-electron chi connectivity index (χ2n) is 4.66. The van der Waals surface area contributed by atoms with E-state index in [1.807, 2.05) is 6.21 Å². The second-order valence-corrected chi connectivity index (χ2v) is 4.66. The minimum absolute atomic E-state index is 0.0662. The number of alkyl halides is 1. The Morgan fingerprint density at radius 1 is 1.67 bits per heavy atom. The van der Waals surface area contributed by atoms with Gasteiger partial charge in [0.1, 0.15) is 12.0 Å². The molecule has 2 N–H and O–H groups in total. The Morgan fingerprint density at radius 3 is 2.94 bits per heavy atom. The molecule has 2 unspecified atom stereocenters. The summed E-state index contributed by atoms with van der Waals surface area (Å²) in [5, 5.41) is 0. The third kappa shape index (κ3) is 4.33. The van der Waals surface area contributed by atoms with E-state index in [-0.39, 0.29) is 12.5 Å². The molecule has 0 fully saturated rings. The number of amidine groups is 1. The molecule has 4 heteroatoms. The molecule has 18 heavy (non-hydrogen) atoms. The Morgan fingerprint density at radius 2 is 2.44 bits per heavy atom. The van der Waals surface area contributed by atoms with Gasteiger partial charge in [-0.05, 0) is 37.2 Å². The number of nitrogens with two attached hydrogens (primary N) is 1. The molecule has 102 valence electrons. The maximum Gasteiger partial charge on any atom is 0.149 e. The summed E-state index contributed by atoms with van der Waals surface area (Å²) in [5.74, 6) is 0.863. The van der Waals surface area contributed by atoms with Crippen LogP contribution in [0.5, 0.6) is 0 Å². The molecule has 1 aliphatic carbocycles. The van der Waals surface area contributed by atoms with Crippen molar-refractivity contribution >= 4 is 12.1 Å². The van der Waals surface area contributed by atoms with Crippen LogP contribution in [0, 0.1) is 5.92 Å². The predicted molar refractivity (Wildman–Crippen MR) is 76.1 cm³/mol. The van der Waals surface area contributed by atoms with Crippen LogP contribution in [0.4, 0.5) is 4.39 Å². The number of rotatable bonds is 5. The van der Waals surface area contributed by atoms with E-state index in [1.165, 1.54) is 0 Å². The average molecular weight is 253 g/mol. The highest BCUT2D eigenvalue weighted by Crippen LogP contribution is 2.28. The lowest BCUT2D eigenvalue weighted by Crippen LogP contribution is -2.26. The quantitative estimate of drug-likeness (QED) is 0.594. The van der Waals surface area contributed by atoms with E-state index in [0.29, 0.717) is 0 Å². The normalized spacial score (nSPS) is 23.2. The first-order chi connectivity index (χ1) is 8.72. The van der Waals surface area contributed by atoms with Crippen molar-refractivity contribution < 1.29 is 4.39 Å². The van der Waals surface area contributed by atoms with Gasteiger partial charge in [0.15, 0.2) is 0 Å². The van der Waals surface area contributed by atoms with Gasteiger partial charge >= 0.3 is 0 Å². The van der Waals surface area contributed by atoms with E-state index in [0.717, 1.165) is 43.5 Å². The molecule has 0 heterocycles. The number of halogens is 1. The first-order valence-corrected chi connectivity index (χ1v) is 6.75. The molecular formula is C14H24FN3. The number of nitrogens with zero attached hydrogens (tertiary/aromatic N) is 2. The molecule has 0 amide bonds. The average Bonchev–Trinajstić information content (AvgIpc) is 2.43. The third-order valence-corrected chi connectivity index (χ3v) is 3.32. The predicted octanol–water partition coefficient (Wildman–Crippen LogP) is 2.91. The fourth-order valence-electron chi connectivity index (χ4n) is 2.14. The SMILES string of the molecule is CCC/C=N\C(=N/C)C1=CCC(C(F)CN)CC1. The van der Waals surface area contributed by atoms with E-state index in [4.69, 9.17) is 5.73 Å². The van der Waals surface area contributed by atoms with Gasteiger partial charge in [0.05, 0.1) is 0 Å². The fraction of sp³-hybridized carbons (Fsp3) is 0.714. The van der Waals surface area contributed by atoms with Crippen LogP contribution in [-0.4, -0.2) is 31.8 Å². The lowest BCUT2D eigenvalue weighted by Gasteiger charge is -2.23. The van der Waals surface area contributed by atoms with Crippen molar-refractivity contribution in [3.05, 3.63) is 11.6 Å². The van der Waals surface area contributed by atoms with Crippen molar-refractivity contribution in [1.82, 2.24) is 0 Å². The molecule has 0 aliphatic heterocycles. The van der Waals surface area contributed by atoms with Gasteiger partial charge < -0.3 is 5.73 Å². The maximum atomic E-state index is 13.5. The Balaban J connectivity index is 2.60. The molecule has 0 aromatic rings. The summed E-state index contributed by atoms with van der Waals surface area (Å²) in [5.41, 5.74) is 6.51. The summed E-state index contributed by atoms with van der Waals surface area (Å²) < 4.78 is 13.5. The van der Waals surface area contributed by atoms with Gasteiger partial charge in [-0.1, -0.05) is 19.4 Å². The molecule has 3 nitrogen and oxygen atoms in total. The Hall–Kier alpha value is -1.03. The van der Waals surface area contributed by atoms with Crippen LogP contribution in [-0.2, 0) is 0 Å². The number of allylic oxidation sites excluding steroid dienone is 1. The summed E-state index contributed by atoms with van der Waals surface area (Å²) >= 11 is 0. The Kier molecular flexibility index (Phi) is 6.80. The highest BCUT2D eigenvalue weighted by molar-refractivity contribution is 6.02. The van der Waals surface area contributed by atoms with Crippen LogP contribution in [0.1, 0.15) is 39.0 Å². The van der Waals surface area contributed by atoms with Gasteiger partial charge in [0.25, 0.3) is 0 Å². The standard InChI is InChI=1S/C14H24FN3/c1-3-4-9-18-14(17-2)12-7-5-11(6-8-12)13(15)10-16/h7,9,11,13H,3-6,8,10,16H2,1-2H3/b17-14-,18-9-. The van der Waals surface area contributed by atoms with E-state index >= 15 is 0 Å². The molecule has 0 bridgehead atoms. The van der Waals surface area contributed by atoms with E-state index in [1.54, 1.807) is 7.05 Å². The number of hydrogen-bond acceptors (Lipinski definition) is 2. The van der Waals surface area contributed by atoms with E-state index < -0.39 is 6.17 Å². The van der Waals surface area contributed by atoms with E-state index in [9.17, 15) is 4.39 Å². The number of aliphatic imine (C=N–C) groups is 2. The molecule has 1 rings (SSSR count). The Labute approximate surface area is 109 Å². The minimum Gasteiger partial charge on any atom is -0.328 e. The first-order valence-electron chi connectivity index (χ1n) is 6.75. The van der Waals surface area contributed by atoms with Crippen molar-refractivity contribution in [3.8, 4) is 0 Å². The highest BCUT2D eigenvalue weighted by Gasteiger charge is 2.23. The number of unbranched alkanes of at least 4 members (excludes halogenated alkanes) is 1. The Bertz CT molecular complexity index is 334. The maximum absolute atomic E-state index is 13.5. The zero-order chi connectivity index (χ0) is 13.4. The molecule has 2 atom stereocenters. The molecule has 1 aliphatic rings. The smallest absolute Gasteiger partial charge is 0.149 e. The van der Waals surface area contributed by atoms with Crippen molar-refractivity contribution in [3.63, 3.8) is 0 Å². The summed E-state index contributed by atoms with van der Waals surface area (Å²) in [6.45, 7) is 2.24. The van der Waals surface area contributed by atoms with Gasteiger partial charge in [-0.25, -0.2) is 9.38 Å². The third-order valence-electron chi connectivity index (χ3n) is 3.32. The minimum atomic E-state index is -0.881. The lowest BCUT2D eigenvalue weighted by molar-refractivity contribution is 0.221. The van der Waals surface area contributed by atoms with Gasteiger partial charge in [-0.2, -0.15) is 0 Å². The van der Waals surface area contributed by atoms with Gasteiger partial charge in [-0.15, -0.1) is 0 Å². The van der Waals surface area contributed by atoms with Crippen molar-refractivity contribution in [2.45, 2.75) is 45.2 Å². The van der Waals surface area contributed by atoms with Crippen LogP contribution in [0.2, 0.25) is 0 Å². The summed E-state index contributed by atoms with van der Waals surface area (Å²) in [6.07, 6.45) is 7.59. The van der Waals surface area contributed by atoms with Crippen LogP contribution < -0.4 is 5.73 Å². The van der Waals surface area contributed by atoms with Gasteiger partial charge in [0, 0.05) is 19.8 Å². The first kappa shape index (κ1) is 15.0. The molecule has 0 aromatic heterocycles. The van der Waals surface area contributed by atoms with Gasteiger partial charge in [0.2, 0.25) is 0 Å². The molecule has 0 saturated carbocycles. The second kappa shape index (κ2) is 8.14. The summed E-state index contributed by atoms with van der Waals surface area (Å²) in [4.78, 5) is 8.59. The van der Waals surface area contributed by atoms with Crippen LogP contribution in [0.25, 0.3) is 0 Å². The van der Waals surface area contributed by atoms with Crippen molar-refractivity contribution in [2.75, 3.05) is 13.6 Å². The molecular weight excluding hydrogens is 229 g/mol. The molecule has 0 aromatic carbocycles. The molecule has 0 radical (unpaired) electrons. The number of hydrogen-bond donors (Lipinski definition) is 1. The summed E-state index contributed by atoms with van der Waals surface area (Å²) in [6, 6.07) is 0. The zero-order valence-corrected chi connectivity index (χ0v) is 11.4. The van der Waals surface area contributed by atoms with Crippen LogP contribution in [0.15, 0.2) is 21.6 Å². The van der Waals surface area contributed by atoms with Crippen molar-refractivity contribution in [2.24, 2.45) is 21.6 Å². The van der Waals surface area contributed by atoms with Crippen molar-refractivity contribution in [1.29, 1.82) is 0 Å². The molecule has 0 spiro atoms. The lowest BCUT2D eigenvalue weighted by atomic mass is 9.86. The topological polar surface area (TPSA) is 50.7 Å². The van der Waals surface area contributed by atoms with Gasteiger partial charge in [-0.3, -0.25) is 4.99 Å². The molecule has 0 saturated heterocycles. The largest absolute Gasteiger partial charge is 0.328 e. The highest BCUT2D eigenvalue weighted by atomic mass is 19.1. The zero-order valence-electron chi connectivity index (χ0n) is 11.4. The fourth-order valence-corrected chi connectivity index (χ4v) is 2.14. The monoisotopic (exact) mass is 253 g/mol.